The van der Waals surface area contributed by atoms with Crippen LogP contribution in [0.5, 0.6) is 0 Å². The fourth-order valence-electron chi connectivity index (χ4n) is 4.20. The molecule has 0 radical (unpaired) electrons. The number of nitrogens with zero attached hydrogens (tertiary/aromatic N) is 3. The maximum atomic E-state index is 13.4. The Morgan fingerprint density at radius 1 is 1.21 bits per heavy atom. The standard InChI is InChI=1S/C22H21ClF5N5O/c1-11-16(10-33(32-11)21(24)25)20(34)30-14-4-2-3-13(8-14)29-18-9-19(22(26,27)28)31-17-6-5-12(23)7-15(17)18/h5-7,9-10,13-14,21H,2-4,8H2,1H3,(H,29,31)(H,30,34)/t13-,14+/m0/s1. The van der Waals surface area contributed by atoms with Crippen molar-refractivity contribution in [2.75, 3.05) is 5.32 Å². The highest BCUT2D eigenvalue weighted by Crippen LogP contribution is 2.35. The van der Waals surface area contributed by atoms with Gasteiger partial charge in [0.05, 0.1) is 16.8 Å². The average molecular weight is 502 g/mol. The first-order valence-electron chi connectivity index (χ1n) is 10.6. The normalized spacial score (nSPS) is 18.9. The monoisotopic (exact) mass is 501 g/mol. The number of anilines is 1. The summed E-state index contributed by atoms with van der Waals surface area (Å²) in [6.07, 6.45) is -1.12. The summed E-state index contributed by atoms with van der Waals surface area (Å²) in [6.45, 7) is -1.38. The van der Waals surface area contributed by atoms with Crippen LogP contribution in [0.3, 0.4) is 0 Å². The molecule has 3 aromatic rings. The minimum atomic E-state index is -4.62. The second-order valence-corrected chi connectivity index (χ2v) is 8.71. The Bertz CT molecular complexity index is 1210. The van der Waals surface area contributed by atoms with Gasteiger partial charge in [-0.3, -0.25) is 4.79 Å². The van der Waals surface area contributed by atoms with Gasteiger partial charge in [0.1, 0.15) is 5.69 Å². The molecule has 2 aromatic heterocycles. The zero-order valence-corrected chi connectivity index (χ0v) is 18.7. The first-order valence-corrected chi connectivity index (χ1v) is 11.0. The van der Waals surface area contributed by atoms with Crippen LogP contribution in [0.4, 0.5) is 27.6 Å². The van der Waals surface area contributed by atoms with Gasteiger partial charge in [-0.05, 0) is 56.9 Å². The van der Waals surface area contributed by atoms with Gasteiger partial charge in [0.15, 0.2) is 0 Å². The topological polar surface area (TPSA) is 71.8 Å². The van der Waals surface area contributed by atoms with E-state index in [2.05, 4.69) is 20.7 Å². The van der Waals surface area contributed by atoms with E-state index in [0.717, 1.165) is 12.3 Å². The summed E-state index contributed by atoms with van der Waals surface area (Å²) in [6, 6.07) is 4.91. The van der Waals surface area contributed by atoms with Gasteiger partial charge in [-0.1, -0.05) is 11.6 Å². The van der Waals surface area contributed by atoms with E-state index in [4.69, 9.17) is 11.6 Å². The van der Waals surface area contributed by atoms with E-state index in [0.29, 0.717) is 40.8 Å². The third-order valence-electron chi connectivity index (χ3n) is 5.79. The number of benzene rings is 1. The molecule has 0 aliphatic heterocycles. The van der Waals surface area contributed by atoms with Gasteiger partial charge in [-0.25, -0.2) is 9.67 Å². The molecule has 0 bridgehead atoms. The lowest BCUT2D eigenvalue weighted by Gasteiger charge is -2.31. The van der Waals surface area contributed by atoms with Crippen molar-refractivity contribution >= 4 is 34.1 Å². The van der Waals surface area contributed by atoms with Crippen molar-refractivity contribution in [3.63, 3.8) is 0 Å². The summed E-state index contributed by atoms with van der Waals surface area (Å²) in [7, 11) is 0. The quantitative estimate of drug-likeness (QED) is 0.423. The van der Waals surface area contributed by atoms with Gasteiger partial charge in [0.25, 0.3) is 5.91 Å². The molecule has 34 heavy (non-hydrogen) atoms. The Kier molecular flexibility index (Phi) is 6.66. The SMILES string of the molecule is Cc1nn(C(F)F)cc1C(=O)N[C@@H]1CCC[C@H](Nc2cc(C(F)(F)F)nc3ccc(Cl)cc23)C1. The lowest BCUT2D eigenvalue weighted by molar-refractivity contribution is -0.140. The highest BCUT2D eigenvalue weighted by molar-refractivity contribution is 6.31. The minimum absolute atomic E-state index is 0.0555. The second kappa shape index (κ2) is 9.36. The maximum Gasteiger partial charge on any atom is 0.433 e. The number of pyridine rings is 1. The molecule has 1 fully saturated rings. The summed E-state index contributed by atoms with van der Waals surface area (Å²) in [5, 5.41) is 10.5. The van der Waals surface area contributed by atoms with Gasteiger partial charge in [-0.15, -0.1) is 0 Å². The molecular weight excluding hydrogens is 481 g/mol. The number of nitrogens with one attached hydrogen (secondary N) is 2. The minimum Gasteiger partial charge on any atom is -0.382 e. The number of halogens is 6. The predicted octanol–water partition coefficient (Wildman–Crippen LogP) is 5.96. The number of aryl methyl sites for hydroxylation is 1. The van der Waals surface area contributed by atoms with Gasteiger partial charge in [0, 0.05) is 34.4 Å². The largest absolute Gasteiger partial charge is 0.433 e. The third kappa shape index (κ3) is 5.24. The van der Waals surface area contributed by atoms with E-state index in [1.807, 2.05) is 0 Å². The van der Waals surface area contributed by atoms with Crippen molar-refractivity contribution in [1.29, 1.82) is 0 Å². The molecule has 12 heteroatoms. The number of aromatic nitrogens is 3. The van der Waals surface area contributed by atoms with Crippen LogP contribution in [0.1, 0.15) is 54.0 Å². The van der Waals surface area contributed by atoms with Crippen LogP contribution in [0, 0.1) is 6.92 Å². The van der Waals surface area contributed by atoms with E-state index >= 15 is 0 Å². The Morgan fingerprint density at radius 3 is 2.62 bits per heavy atom. The molecule has 4 rings (SSSR count). The third-order valence-corrected chi connectivity index (χ3v) is 6.03. The second-order valence-electron chi connectivity index (χ2n) is 8.28. The molecule has 1 aliphatic carbocycles. The predicted molar refractivity (Wildman–Crippen MR) is 117 cm³/mol. The van der Waals surface area contributed by atoms with Crippen molar-refractivity contribution in [2.45, 2.75) is 57.4 Å². The van der Waals surface area contributed by atoms with Gasteiger partial charge >= 0.3 is 12.7 Å². The number of hydrogen-bond acceptors (Lipinski definition) is 4. The molecule has 182 valence electrons. The number of carbonyl (C=O) groups excluding carboxylic acids is 1. The lowest BCUT2D eigenvalue weighted by Crippen LogP contribution is -2.42. The van der Waals surface area contributed by atoms with Crippen molar-refractivity contribution in [3.8, 4) is 0 Å². The number of fused-ring (bicyclic) bond motifs is 1. The highest BCUT2D eigenvalue weighted by atomic mass is 35.5. The first-order chi connectivity index (χ1) is 16.0. The van der Waals surface area contributed by atoms with Crippen LogP contribution >= 0.6 is 11.6 Å². The fraction of sp³-hybridized carbons (Fsp3) is 0.409. The number of rotatable bonds is 5. The molecule has 0 unspecified atom stereocenters. The van der Waals surface area contributed by atoms with E-state index in [1.165, 1.54) is 19.1 Å². The summed E-state index contributed by atoms with van der Waals surface area (Å²) in [5.41, 5.74) is -0.361. The van der Waals surface area contributed by atoms with Crippen molar-refractivity contribution in [3.05, 3.63) is 52.4 Å². The van der Waals surface area contributed by atoms with E-state index in [1.54, 1.807) is 6.07 Å². The molecule has 2 N–H and O–H groups in total. The van der Waals surface area contributed by atoms with Crippen LogP contribution in [-0.2, 0) is 6.18 Å². The first kappa shape index (κ1) is 24.2. The smallest absolute Gasteiger partial charge is 0.382 e. The molecule has 2 heterocycles. The Hall–Kier alpha value is -2.95. The molecular formula is C22H21ClF5N5O. The molecule has 1 amide bonds. The maximum absolute atomic E-state index is 13.4. The Labute approximate surface area is 196 Å². The van der Waals surface area contributed by atoms with Gasteiger partial charge in [0.2, 0.25) is 0 Å². The Balaban J connectivity index is 1.52. The van der Waals surface area contributed by atoms with Crippen molar-refractivity contribution < 1.29 is 26.7 Å². The van der Waals surface area contributed by atoms with E-state index < -0.39 is 24.3 Å². The molecule has 6 nitrogen and oxygen atoms in total. The number of amides is 1. The summed E-state index contributed by atoms with van der Waals surface area (Å²) >= 11 is 6.06. The summed E-state index contributed by atoms with van der Waals surface area (Å²) in [5.74, 6) is -0.518. The van der Waals surface area contributed by atoms with Crippen molar-refractivity contribution in [1.82, 2.24) is 20.1 Å². The van der Waals surface area contributed by atoms with Crippen LogP contribution in [0.2, 0.25) is 5.02 Å². The summed E-state index contributed by atoms with van der Waals surface area (Å²) < 4.78 is 66.3. The zero-order valence-electron chi connectivity index (χ0n) is 18.0. The Morgan fingerprint density at radius 2 is 1.94 bits per heavy atom. The van der Waals surface area contributed by atoms with E-state index in [9.17, 15) is 26.7 Å². The highest BCUT2D eigenvalue weighted by Gasteiger charge is 2.34. The van der Waals surface area contributed by atoms with Crippen LogP contribution < -0.4 is 10.6 Å². The van der Waals surface area contributed by atoms with Crippen LogP contribution in [0.25, 0.3) is 10.9 Å². The number of alkyl halides is 5. The van der Waals surface area contributed by atoms with Gasteiger partial charge in [-0.2, -0.15) is 27.1 Å². The van der Waals surface area contributed by atoms with Crippen LogP contribution in [-0.4, -0.2) is 32.8 Å². The summed E-state index contributed by atoms with van der Waals surface area (Å²) in [4.78, 5) is 16.3. The molecule has 1 aliphatic rings. The lowest BCUT2D eigenvalue weighted by atomic mass is 9.90. The zero-order chi connectivity index (χ0) is 24.6. The number of carbonyl (C=O) groups is 1. The van der Waals surface area contributed by atoms with Crippen LogP contribution in [0.15, 0.2) is 30.5 Å². The molecule has 0 spiro atoms. The molecule has 1 saturated carbocycles. The van der Waals surface area contributed by atoms with Gasteiger partial charge < -0.3 is 10.6 Å². The fourth-order valence-corrected chi connectivity index (χ4v) is 4.37. The van der Waals surface area contributed by atoms with Crippen molar-refractivity contribution in [2.24, 2.45) is 0 Å². The molecule has 0 saturated heterocycles. The number of hydrogen-bond donors (Lipinski definition) is 2. The molecule has 1 aromatic carbocycles. The van der Waals surface area contributed by atoms with E-state index in [-0.39, 0.29) is 34.5 Å². The average Bonchev–Trinajstić information content (AvgIpc) is 3.16. The molecule has 2 atom stereocenters.